The Labute approximate surface area is 168 Å². The van der Waals surface area contributed by atoms with E-state index in [0.29, 0.717) is 34.1 Å². The Morgan fingerprint density at radius 2 is 1.97 bits per heavy atom. The first kappa shape index (κ1) is 18.9. The summed E-state index contributed by atoms with van der Waals surface area (Å²) in [4.78, 5) is 30.1. The third-order valence-electron chi connectivity index (χ3n) is 5.30. The van der Waals surface area contributed by atoms with Gasteiger partial charge in [0.15, 0.2) is 0 Å². The first-order chi connectivity index (χ1) is 14.2. The number of carbonyl (C=O) groups excluding carboxylic acids is 1. The molecular formula is C23H21N3O3. The largest absolute Gasteiger partial charge is 0.457 e. The number of nitrogens with zero attached hydrogens (tertiary/aromatic N) is 3. The lowest BCUT2D eigenvalue weighted by atomic mass is 10.1. The molecule has 0 aliphatic carbocycles. The molecule has 6 nitrogen and oxygen atoms in total. The molecule has 0 spiro atoms. The highest BCUT2D eigenvalue weighted by Crippen LogP contribution is 2.17. The summed E-state index contributed by atoms with van der Waals surface area (Å²) in [6, 6.07) is 14.0. The number of esters is 1. The summed E-state index contributed by atoms with van der Waals surface area (Å²) in [5, 5.41) is 9.66. The van der Waals surface area contributed by atoms with Gasteiger partial charge in [-0.05, 0) is 37.1 Å². The van der Waals surface area contributed by atoms with Crippen molar-refractivity contribution in [1.82, 2.24) is 9.55 Å². The number of carbonyl (C=O) groups is 1. The molecule has 1 aromatic heterocycles. The molecule has 0 atom stereocenters. The maximum absolute atomic E-state index is 12.9. The van der Waals surface area contributed by atoms with Gasteiger partial charge in [0.1, 0.15) is 12.4 Å². The third kappa shape index (κ3) is 3.90. The van der Waals surface area contributed by atoms with Crippen LogP contribution in [0.4, 0.5) is 0 Å². The van der Waals surface area contributed by atoms with Crippen molar-refractivity contribution in [1.29, 1.82) is 5.26 Å². The van der Waals surface area contributed by atoms with Gasteiger partial charge in [0, 0.05) is 18.5 Å². The maximum Gasteiger partial charge on any atom is 0.338 e. The highest BCUT2D eigenvalue weighted by molar-refractivity contribution is 5.94. The van der Waals surface area contributed by atoms with E-state index < -0.39 is 5.97 Å². The lowest BCUT2D eigenvalue weighted by Crippen LogP contribution is -2.26. The van der Waals surface area contributed by atoms with Crippen LogP contribution in [0.15, 0.2) is 47.3 Å². The number of rotatable bonds is 3. The van der Waals surface area contributed by atoms with Gasteiger partial charge in [0.05, 0.1) is 28.1 Å². The number of nitriles is 1. The van der Waals surface area contributed by atoms with Crippen molar-refractivity contribution in [2.45, 2.75) is 45.3 Å². The minimum atomic E-state index is -0.506. The maximum atomic E-state index is 12.9. The molecule has 4 rings (SSSR count). The van der Waals surface area contributed by atoms with Crippen molar-refractivity contribution in [3.63, 3.8) is 0 Å². The summed E-state index contributed by atoms with van der Waals surface area (Å²) in [5.74, 6) is 0.281. The van der Waals surface area contributed by atoms with Gasteiger partial charge in [0.2, 0.25) is 0 Å². The lowest BCUT2D eigenvalue weighted by Gasteiger charge is -2.16. The fourth-order valence-corrected chi connectivity index (χ4v) is 3.70. The Morgan fingerprint density at radius 3 is 2.83 bits per heavy atom. The zero-order valence-electron chi connectivity index (χ0n) is 16.1. The van der Waals surface area contributed by atoms with Gasteiger partial charge in [0.25, 0.3) is 5.56 Å². The van der Waals surface area contributed by atoms with E-state index in [9.17, 15) is 9.59 Å². The Balaban J connectivity index is 1.61. The van der Waals surface area contributed by atoms with E-state index in [1.54, 1.807) is 47.0 Å². The van der Waals surface area contributed by atoms with E-state index in [2.05, 4.69) is 11.1 Å². The summed E-state index contributed by atoms with van der Waals surface area (Å²) in [6.07, 6.45) is 5.03. The molecular weight excluding hydrogens is 366 g/mol. The number of aromatic nitrogens is 2. The van der Waals surface area contributed by atoms with Gasteiger partial charge in [-0.15, -0.1) is 0 Å². The minimum absolute atomic E-state index is 0.0148. The Hall–Kier alpha value is -3.46. The lowest BCUT2D eigenvalue weighted by molar-refractivity contribution is 0.0472. The fraction of sp³-hybridized carbons (Fsp3) is 0.304. The van der Waals surface area contributed by atoms with Gasteiger partial charge in [-0.3, -0.25) is 9.36 Å². The van der Waals surface area contributed by atoms with E-state index in [1.165, 1.54) is 0 Å². The molecule has 2 heterocycles. The second kappa shape index (κ2) is 8.27. The van der Waals surface area contributed by atoms with Crippen molar-refractivity contribution in [2.24, 2.45) is 0 Å². The number of aryl methyl sites for hydroxylation is 1. The predicted octanol–water partition coefficient (Wildman–Crippen LogP) is 3.74. The topological polar surface area (TPSA) is 85.0 Å². The van der Waals surface area contributed by atoms with Crippen LogP contribution in [0, 0.1) is 11.3 Å². The molecule has 0 saturated carbocycles. The standard InChI is InChI=1S/C23H21N3O3/c24-14-17-7-4-5-8-18(17)15-29-23(28)16-10-11-19-20(13-16)25-21-9-3-1-2-6-12-26(21)22(19)27/h4-5,7-8,10-11,13H,1-3,6,9,12,15H2. The molecule has 2 aromatic carbocycles. The van der Waals surface area contributed by atoms with Crippen molar-refractivity contribution in [3.8, 4) is 6.07 Å². The Bertz CT molecular complexity index is 1170. The summed E-state index contributed by atoms with van der Waals surface area (Å²) in [5.41, 5.74) is 1.95. The molecule has 29 heavy (non-hydrogen) atoms. The number of benzene rings is 2. The average Bonchev–Trinajstić information content (AvgIpc) is 2.73. The van der Waals surface area contributed by atoms with E-state index in [-0.39, 0.29) is 12.2 Å². The summed E-state index contributed by atoms with van der Waals surface area (Å²) in [6.45, 7) is 0.708. The zero-order chi connectivity index (χ0) is 20.2. The third-order valence-corrected chi connectivity index (χ3v) is 5.30. The SMILES string of the molecule is N#Cc1ccccc1COC(=O)c1ccc2c(=O)n3c(nc2c1)CCCCCC3. The molecule has 0 fully saturated rings. The number of ether oxygens (including phenoxy) is 1. The Kier molecular flexibility index (Phi) is 5.39. The number of hydrogen-bond acceptors (Lipinski definition) is 5. The van der Waals surface area contributed by atoms with Crippen LogP contribution in [0.5, 0.6) is 0 Å². The second-order valence-electron chi connectivity index (χ2n) is 7.23. The molecule has 0 radical (unpaired) electrons. The predicted molar refractivity (Wildman–Crippen MR) is 108 cm³/mol. The second-order valence-corrected chi connectivity index (χ2v) is 7.23. The molecule has 1 aliphatic rings. The van der Waals surface area contributed by atoms with E-state index in [1.807, 2.05) is 0 Å². The quantitative estimate of drug-likeness (QED) is 0.639. The number of fused-ring (bicyclic) bond motifs is 2. The monoisotopic (exact) mass is 387 g/mol. The van der Waals surface area contributed by atoms with Crippen LogP contribution in [0.25, 0.3) is 10.9 Å². The highest BCUT2D eigenvalue weighted by atomic mass is 16.5. The van der Waals surface area contributed by atoms with Crippen molar-refractivity contribution >= 4 is 16.9 Å². The van der Waals surface area contributed by atoms with Crippen molar-refractivity contribution < 1.29 is 9.53 Å². The Morgan fingerprint density at radius 1 is 1.14 bits per heavy atom. The molecule has 3 aromatic rings. The van der Waals surface area contributed by atoms with Gasteiger partial charge in [-0.25, -0.2) is 9.78 Å². The molecule has 6 heteroatoms. The van der Waals surface area contributed by atoms with Crippen LogP contribution >= 0.6 is 0 Å². The molecule has 1 aliphatic heterocycles. The van der Waals surface area contributed by atoms with Crippen LogP contribution in [-0.4, -0.2) is 15.5 Å². The van der Waals surface area contributed by atoms with Gasteiger partial charge >= 0.3 is 5.97 Å². The zero-order valence-corrected chi connectivity index (χ0v) is 16.1. The molecule has 0 amide bonds. The minimum Gasteiger partial charge on any atom is -0.457 e. The average molecular weight is 387 g/mol. The van der Waals surface area contributed by atoms with Crippen LogP contribution in [-0.2, 0) is 24.3 Å². The summed E-state index contributed by atoms with van der Waals surface area (Å²) >= 11 is 0. The molecule has 0 unspecified atom stereocenters. The van der Waals surface area contributed by atoms with Gasteiger partial charge in [-0.1, -0.05) is 31.0 Å². The first-order valence-corrected chi connectivity index (χ1v) is 9.86. The van der Waals surface area contributed by atoms with Crippen molar-refractivity contribution in [3.05, 3.63) is 75.3 Å². The van der Waals surface area contributed by atoms with Crippen LogP contribution in [0.1, 0.15) is 53.0 Å². The first-order valence-electron chi connectivity index (χ1n) is 9.86. The summed E-state index contributed by atoms with van der Waals surface area (Å²) < 4.78 is 7.16. The molecule has 0 saturated heterocycles. The smallest absolute Gasteiger partial charge is 0.338 e. The van der Waals surface area contributed by atoms with E-state index >= 15 is 0 Å². The molecule has 146 valence electrons. The van der Waals surface area contributed by atoms with Gasteiger partial charge in [-0.2, -0.15) is 5.26 Å². The molecule has 0 bridgehead atoms. The number of hydrogen-bond donors (Lipinski definition) is 0. The van der Waals surface area contributed by atoms with Gasteiger partial charge < -0.3 is 4.74 Å². The normalized spacial score (nSPS) is 13.8. The van der Waals surface area contributed by atoms with Crippen LogP contribution in [0.2, 0.25) is 0 Å². The van der Waals surface area contributed by atoms with Crippen LogP contribution < -0.4 is 5.56 Å². The van der Waals surface area contributed by atoms with Crippen molar-refractivity contribution in [2.75, 3.05) is 0 Å². The fourth-order valence-electron chi connectivity index (χ4n) is 3.70. The summed E-state index contributed by atoms with van der Waals surface area (Å²) in [7, 11) is 0. The van der Waals surface area contributed by atoms with E-state index in [4.69, 9.17) is 10.00 Å². The molecule has 0 N–H and O–H groups in total. The van der Waals surface area contributed by atoms with Crippen LogP contribution in [0.3, 0.4) is 0 Å². The van der Waals surface area contributed by atoms with E-state index in [0.717, 1.165) is 37.9 Å². The highest BCUT2D eigenvalue weighted by Gasteiger charge is 2.16.